The lowest BCUT2D eigenvalue weighted by Gasteiger charge is -2.32. The summed E-state index contributed by atoms with van der Waals surface area (Å²) < 4.78 is 26.9. The lowest BCUT2D eigenvalue weighted by Crippen LogP contribution is -2.39. The first-order valence-corrected chi connectivity index (χ1v) is 11.2. The van der Waals surface area contributed by atoms with E-state index >= 15 is 0 Å². The normalized spacial score (nSPS) is 21.3. The van der Waals surface area contributed by atoms with Gasteiger partial charge in [0.05, 0.1) is 4.90 Å². The molecule has 5 nitrogen and oxygen atoms in total. The highest BCUT2D eigenvalue weighted by atomic mass is 32.2. The van der Waals surface area contributed by atoms with Gasteiger partial charge in [-0.1, -0.05) is 44.7 Å². The SMILES string of the molecule is CC1(C(=O)NCc2ccc(S(=O)(=O)N3CCCCC3)cc2)CCCCC1. The van der Waals surface area contributed by atoms with E-state index in [1.807, 2.05) is 0 Å². The standard InChI is InChI=1S/C20H30N2O3S/c1-20(12-4-2-5-13-20)19(23)21-16-17-8-10-18(11-9-17)26(24,25)22-14-6-3-7-15-22/h8-11H,2-7,12-16H2,1H3,(H,21,23). The van der Waals surface area contributed by atoms with Crippen molar-refractivity contribution in [3.05, 3.63) is 29.8 Å². The van der Waals surface area contributed by atoms with Gasteiger partial charge < -0.3 is 5.32 Å². The van der Waals surface area contributed by atoms with Crippen LogP contribution in [0.1, 0.15) is 63.9 Å². The molecule has 1 saturated heterocycles. The molecule has 1 aliphatic carbocycles. The summed E-state index contributed by atoms with van der Waals surface area (Å²) in [5.41, 5.74) is 0.672. The number of nitrogens with zero attached hydrogens (tertiary/aromatic N) is 1. The van der Waals surface area contributed by atoms with Crippen LogP contribution in [-0.2, 0) is 21.4 Å². The first kappa shape index (κ1) is 19.4. The number of carbonyl (C=O) groups is 1. The third-order valence-corrected chi connectivity index (χ3v) is 7.75. The van der Waals surface area contributed by atoms with Crippen molar-refractivity contribution in [1.29, 1.82) is 0 Å². The zero-order valence-corrected chi connectivity index (χ0v) is 16.5. The van der Waals surface area contributed by atoms with Crippen LogP contribution in [0.5, 0.6) is 0 Å². The average molecular weight is 379 g/mol. The fourth-order valence-corrected chi connectivity index (χ4v) is 5.51. The number of amides is 1. The predicted octanol–water partition coefficient (Wildman–Crippen LogP) is 3.45. The fourth-order valence-electron chi connectivity index (χ4n) is 3.99. The van der Waals surface area contributed by atoms with Crippen molar-refractivity contribution in [3.8, 4) is 0 Å². The van der Waals surface area contributed by atoms with Gasteiger partial charge in [0.2, 0.25) is 15.9 Å². The zero-order valence-electron chi connectivity index (χ0n) is 15.7. The number of carbonyl (C=O) groups excluding carboxylic acids is 1. The predicted molar refractivity (Wildman–Crippen MR) is 102 cm³/mol. The van der Waals surface area contributed by atoms with E-state index in [4.69, 9.17) is 0 Å². The summed E-state index contributed by atoms with van der Waals surface area (Å²) in [6, 6.07) is 6.93. The highest BCUT2D eigenvalue weighted by molar-refractivity contribution is 7.89. The van der Waals surface area contributed by atoms with Crippen molar-refractivity contribution in [2.75, 3.05) is 13.1 Å². The van der Waals surface area contributed by atoms with Crippen LogP contribution in [0, 0.1) is 5.41 Å². The van der Waals surface area contributed by atoms with Crippen molar-refractivity contribution in [3.63, 3.8) is 0 Å². The maximum absolute atomic E-state index is 12.7. The van der Waals surface area contributed by atoms with E-state index in [-0.39, 0.29) is 11.3 Å². The summed E-state index contributed by atoms with van der Waals surface area (Å²) in [4.78, 5) is 12.9. The van der Waals surface area contributed by atoms with Crippen LogP contribution in [0.15, 0.2) is 29.2 Å². The molecule has 26 heavy (non-hydrogen) atoms. The third-order valence-electron chi connectivity index (χ3n) is 5.83. The van der Waals surface area contributed by atoms with Gasteiger partial charge in [-0.2, -0.15) is 4.31 Å². The largest absolute Gasteiger partial charge is 0.352 e. The van der Waals surface area contributed by atoms with Gasteiger partial charge in [-0.25, -0.2) is 8.42 Å². The summed E-state index contributed by atoms with van der Waals surface area (Å²) >= 11 is 0. The van der Waals surface area contributed by atoms with Crippen LogP contribution in [0.4, 0.5) is 0 Å². The molecular weight excluding hydrogens is 348 g/mol. The molecule has 1 aromatic carbocycles. The van der Waals surface area contributed by atoms with Crippen molar-refractivity contribution < 1.29 is 13.2 Å². The highest BCUT2D eigenvalue weighted by Crippen LogP contribution is 2.35. The fraction of sp³-hybridized carbons (Fsp3) is 0.650. The molecule has 0 bridgehead atoms. The Morgan fingerprint density at radius 2 is 1.58 bits per heavy atom. The number of hydrogen-bond acceptors (Lipinski definition) is 3. The minimum absolute atomic E-state index is 0.113. The summed E-state index contributed by atoms with van der Waals surface area (Å²) in [7, 11) is -3.39. The second kappa shape index (κ2) is 8.09. The van der Waals surface area contributed by atoms with Crippen LogP contribution < -0.4 is 5.32 Å². The first-order chi connectivity index (χ1) is 12.4. The smallest absolute Gasteiger partial charge is 0.243 e. The Hall–Kier alpha value is -1.40. The molecule has 0 atom stereocenters. The summed E-state index contributed by atoms with van der Waals surface area (Å²) in [6.45, 7) is 3.71. The van der Waals surface area contributed by atoms with Gasteiger partial charge >= 0.3 is 0 Å². The minimum Gasteiger partial charge on any atom is -0.352 e. The molecule has 2 fully saturated rings. The van der Waals surface area contributed by atoms with Crippen molar-refractivity contribution >= 4 is 15.9 Å². The maximum Gasteiger partial charge on any atom is 0.243 e. The number of hydrogen-bond donors (Lipinski definition) is 1. The molecule has 6 heteroatoms. The van der Waals surface area contributed by atoms with Gasteiger partial charge in [0.25, 0.3) is 0 Å². The first-order valence-electron chi connectivity index (χ1n) is 9.79. The quantitative estimate of drug-likeness (QED) is 0.853. The average Bonchev–Trinajstić information content (AvgIpc) is 2.67. The molecule has 3 rings (SSSR count). The maximum atomic E-state index is 12.7. The monoisotopic (exact) mass is 378 g/mol. The zero-order chi connectivity index (χ0) is 18.6. The van der Waals surface area contributed by atoms with Crippen molar-refractivity contribution in [1.82, 2.24) is 9.62 Å². The van der Waals surface area contributed by atoms with Gasteiger partial charge in [-0.15, -0.1) is 0 Å². The van der Waals surface area contributed by atoms with E-state index in [0.29, 0.717) is 24.5 Å². The molecule has 0 unspecified atom stereocenters. The van der Waals surface area contributed by atoms with Crippen molar-refractivity contribution in [2.45, 2.75) is 69.7 Å². The Balaban J connectivity index is 1.60. The molecule has 1 saturated carbocycles. The molecule has 1 amide bonds. The van der Waals surface area contributed by atoms with Crippen LogP contribution >= 0.6 is 0 Å². The number of benzene rings is 1. The summed E-state index contributed by atoms with van der Waals surface area (Å²) in [5, 5.41) is 3.03. The Kier molecular flexibility index (Phi) is 6.03. The van der Waals surface area contributed by atoms with Crippen LogP contribution in [0.25, 0.3) is 0 Å². The second-order valence-corrected chi connectivity index (χ2v) is 9.85. The lowest BCUT2D eigenvalue weighted by molar-refractivity contribution is -0.132. The van der Waals surface area contributed by atoms with Crippen LogP contribution in [-0.4, -0.2) is 31.7 Å². The molecule has 0 radical (unpaired) electrons. The number of nitrogens with one attached hydrogen (secondary N) is 1. The molecule has 1 N–H and O–H groups in total. The van der Waals surface area contributed by atoms with E-state index < -0.39 is 10.0 Å². The van der Waals surface area contributed by atoms with E-state index in [2.05, 4.69) is 12.2 Å². The minimum atomic E-state index is -3.39. The van der Waals surface area contributed by atoms with Gasteiger partial charge in [0.1, 0.15) is 0 Å². The van der Waals surface area contributed by atoms with E-state index in [0.717, 1.165) is 50.5 Å². The molecular formula is C20H30N2O3S. The van der Waals surface area contributed by atoms with E-state index in [1.54, 1.807) is 28.6 Å². The third kappa shape index (κ3) is 4.29. The highest BCUT2D eigenvalue weighted by Gasteiger charge is 2.34. The molecule has 144 valence electrons. The number of sulfonamides is 1. The lowest BCUT2D eigenvalue weighted by atomic mass is 9.75. The van der Waals surface area contributed by atoms with Gasteiger partial charge in [-0.3, -0.25) is 4.79 Å². The number of rotatable bonds is 5. The molecule has 1 heterocycles. The molecule has 0 spiro atoms. The topological polar surface area (TPSA) is 66.5 Å². The molecule has 0 aromatic heterocycles. The Morgan fingerprint density at radius 1 is 1.00 bits per heavy atom. The molecule has 1 aromatic rings. The van der Waals surface area contributed by atoms with Gasteiger partial charge in [0.15, 0.2) is 0 Å². The molecule has 1 aliphatic heterocycles. The van der Waals surface area contributed by atoms with E-state index in [1.165, 1.54) is 6.42 Å². The number of piperidine rings is 1. The van der Waals surface area contributed by atoms with Crippen molar-refractivity contribution in [2.24, 2.45) is 5.41 Å². The van der Waals surface area contributed by atoms with Gasteiger partial charge in [-0.05, 0) is 43.4 Å². The summed E-state index contributed by atoms with van der Waals surface area (Å²) in [5.74, 6) is 0.113. The summed E-state index contributed by atoms with van der Waals surface area (Å²) in [6.07, 6.45) is 8.32. The van der Waals surface area contributed by atoms with Crippen LogP contribution in [0.2, 0.25) is 0 Å². The van der Waals surface area contributed by atoms with E-state index in [9.17, 15) is 13.2 Å². The Labute approximate surface area is 157 Å². The van der Waals surface area contributed by atoms with Gasteiger partial charge in [0, 0.05) is 25.0 Å². The Bertz CT molecular complexity index is 716. The second-order valence-electron chi connectivity index (χ2n) is 7.91. The Morgan fingerprint density at radius 3 is 2.19 bits per heavy atom. The molecule has 2 aliphatic rings. The van der Waals surface area contributed by atoms with Crippen LogP contribution in [0.3, 0.4) is 0 Å².